The number of nitrogens with two attached hydrogens (primary N) is 1. The summed E-state index contributed by atoms with van der Waals surface area (Å²) >= 11 is 11.5. The van der Waals surface area contributed by atoms with Gasteiger partial charge in [0.05, 0.1) is 17.2 Å². The molecule has 6 heteroatoms. The van der Waals surface area contributed by atoms with Crippen LogP contribution >= 0.6 is 23.2 Å². The fourth-order valence-electron chi connectivity index (χ4n) is 1.21. The smallest absolute Gasteiger partial charge is 0.322 e. The topological polar surface area (TPSA) is 52.3 Å². The molecular weight excluding hydrogens is 256 g/mol. The minimum atomic E-state index is -0.963. The minimum Gasteiger partial charge on any atom is -0.468 e. The fraction of sp³-hybridized carbons (Fsp3) is 0.300. The highest BCUT2D eigenvalue weighted by Gasteiger charge is 2.19. The average molecular weight is 266 g/mol. The van der Waals surface area contributed by atoms with E-state index >= 15 is 0 Å². The molecule has 3 nitrogen and oxygen atoms in total. The van der Waals surface area contributed by atoms with Gasteiger partial charge in [0.25, 0.3) is 0 Å². The lowest BCUT2D eigenvalue weighted by molar-refractivity contribution is -0.142. The van der Waals surface area contributed by atoms with Crippen molar-refractivity contribution in [3.8, 4) is 0 Å². The molecule has 0 aliphatic rings. The Balaban J connectivity index is 2.97. The second-order valence-electron chi connectivity index (χ2n) is 3.16. The fourth-order valence-corrected chi connectivity index (χ4v) is 1.62. The van der Waals surface area contributed by atoms with Gasteiger partial charge < -0.3 is 10.5 Å². The summed E-state index contributed by atoms with van der Waals surface area (Å²) in [4.78, 5) is 11.1. The van der Waals surface area contributed by atoms with Crippen LogP contribution in [0.3, 0.4) is 0 Å². The van der Waals surface area contributed by atoms with Crippen molar-refractivity contribution >= 4 is 29.2 Å². The molecule has 0 aliphatic carbocycles. The van der Waals surface area contributed by atoms with Crippen LogP contribution in [0.15, 0.2) is 12.1 Å². The zero-order valence-corrected chi connectivity index (χ0v) is 9.98. The lowest BCUT2D eigenvalue weighted by atomic mass is 10.1. The molecule has 0 saturated heterocycles. The van der Waals surface area contributed by atoms with E-state index in [2.05, 4.69) is 4.74 Å². The van der Waals surface area contributed by atoms with Gasteiger partial charge in [-0.25, -0.2) is 4.39 Å². The molecule has 1 aromatic rings. The Morgan fingerprint density at radius 1 is 1.56 bits per heavy atom. The molecule has 0 heterocycles. The molecular formula is C10H10Cl2FNO2. The van der Waals surface area contributed by atoms with Gasteiger partial charge in [0.1, 0.15) is 11.9 Å². The maximum Gasteiger partial charge on any atom is 0.322 e. The summed E-state index contributed by atoms with van der Waals surface area (Å²) in [5.41, 5.74) is 5.62. The second kappa shape index (κ2) is 5.48. The summed E-state index contributed by atoms with van der Waals surface area (Å²) in [6, 6.07) is 1.55. The average Bonchev–Trinajstić information content (AvgIpc) is 2.28. The molecule has 0 spiro atoms. The van der Waals surface area contributed by atoms with Crippen LogP contribution in [0.4, 0.5) is 4.39 Å². The van der Waals surface area contributed by atoms with Crippen molar-refractivity contribution in [2.45, 2.75) is 12.5 Å². The Bertz CT molecular complexity index is 412. The quantitative estimate of drug-likeness (QED) is 0.673. The number of hydrogen-bond acceptors (Lipinski definition) is 3. The van der Waals surface area contributed by atoms with Gasteiger partial charge in [-0.05, 0) is 12.1 Å². The van der Waals surface area contributed by atoms with Gasteiger partial charge in [0.15, 0.2) is 0 Å². The molecule has 16 heavy (non-hydrogen) atoms. The predicted octanol–water partition coefficient (Wildman–Crippen LogP) is 2.18. The van der Waals surface area contributed by atoms with Gasteiger partial charge in [0, 0.05) is 12.0 Å². The van der Waals surface area contributed by atoms with E-state index < -0.39 is 17.8 Å². The zero-order valence-electron chi connectivity index (χ0n) is 8.47. The van der Waals surface area contributed by atoms with Crippen LogP contribution in [0.25, 0.3) is 0 Å². The highest BCUT2D eigenvalue weighted by atomic mass is 35.5. The first-order chi connectivity index (χ1) is 7.47. The highest BCUT2D eigenvalue weighted by Crippen LogP contribution is 2.28. The third kappa shape index (κ3) is 2.84. The van der Waals surface area contributed by atoms with Crippen LogP contribution in [0.2, 0.25) is 10.0 Å². The van der Waals surface area contributed by atoms with Gasteiger partial charge in [-0.3, -0.25) is 4.79 Å². The van der Waals surface area contributed by atoms with Crippen LogP contribution in [-0.2, 0) is 16.0 Å². The number of rotatable bonds is 3. The van der Waals surface area contributed by atoms with Crippen molar-refractivity contribution in [2.75, 3.05) is 7.11 Å². The number of ether oxygens (including phenoxy) is 1. The molecule has 1 atom stereocenters. The van der Waals surface area contributed by atoms with E-state index in [9.17, 15) is 9.18 Å². The van der Waals surface area contributed by atoms with E-state index in [1.807, 2.05) is 0 Å². The number of esters is 1. The Kier molecular flexibility index (Phi) is 4.53. The van der Waals surface area contributed by atoms with Crippen molar-refractivity contribution in [3.05, 3.63) is 33.6 Å². The molecule has 2 N–H and O–H groups in total. The maximum atomic E-state index is 13.4. The molecule has 1 unspecified atom stereocenters. The Labute approximate surface area is 102 Å². The third-order valence-electron chi connectivity index (χ3n) is 2.07. The van der Waals surface area contributed by atoms with E-state index in [0.717, 1.165) is 0 Å². The Hall–Kier alpha value is -0.840. The van der Waals surface area contributed by atoms with Crippen LogP contribution in [0.1, 0.15) is 5.56 Å². The molecule has 0 amide bonds. The standard InChI is InChI=1S/C10H10Cl2FNO2/c1-16-10(15)8(14)4-5-7(13)3-2-6(11)9(5)12/h2-3,8H,4,14H2,1H3. The summed E-state index contributed by atoms with van der Waals surface area (Å²) in [6.07, 6.45) is -0.0576. The molecule has 1 aromatic carbocycles. The van der Waals surface area contributed by atoms with E-state index in [-0.39, 0.29) is 22.0 Å². The SMILES string of the molecule is COC(=O)C(N)Cc1c(F)ccc(Cl)c1Cl. The number of benzene rings is 1. The van der Waals surface area contributed by atoms with Crippen molar-refractivity contribution in [1.82, 2.24) is 0 Å². The number of carbonyl (C=O) groups excluding carboxylic acids is 1. The number of carbonyl (C=O) groups is 1. The normalized spacial score (nSPS) is 12.3. The molecule has 0 bridgehead atoms. The largest absolute Gasteiger partial charge is 0.468 e. The molecule has 0 saturated carbocycles. The van der Waals surface area contributed by atoms with Gasteiger partial charge in [-0.2, -0.15) is 0 Å². The maximum absolute atomic E-state index is 13.4. The minimum absolute atomic E-state index is 0.0576. The summed E-state index contributed by atoms with van der Waals surface area (Å²) in [7, 11) is 1.21. The van der Waals surface area contributed by atoms with Crippen LogP contribution in [0.5, 0.6) is 0 Å². The monoisotopic (exact) mass is 265 g/mol. The van der Waals surface area contributed by atoms with Crippen LogP contribution in [-0.4, -0.2) is 19.1 Å². The van der Waals surface area contributed by atoms with E-state index in [1.54, 1.807) is 0 Å². The third-order valence-corrected chi connectivity index (χ3v) is 2.91. The second-order valence-corrected chi connectivity index (χ2v) is 3.94. The Morgan fingerprint density at radius 3 is 2.75 bits per heavy atom. The highest BCUT2D eigenvalue weighted by molar-refractivity contribution is 6.42. The first-order valence-corrected chi connectivity index (χ1v) is 5.18. The first kappa shape index (κ1) is 13.2. The molecule has 0 radical (unpaired) electrons. The van der Waals surface area contributed by atoms with Gasteiger partial charge in [-0.15, -0.1) is 0 Å². The van der Waals surface area contributed by atoms with Gasteiger partial charge >= 0.3 is 5.97 Å². The molecule has 88 valence electrons. The summed E-state index contributed by atoms with van der Waals surface area (Å²) < 4.78 is 17.8. The molecule has 0 aromatic heterocycles. The lowest BCUT2D eigenvalue weighted by Crippen LogP contribution is -2.34. The number of hydrogen-bond donors (Lipinski definition) is 1. The van der Waals surface area contributed by atoms with Crippen molar-refractivity contribution < 1.29 is 13.9 Å². The summed E-state index contributed by atoms with van der Waals surface area (Å²) in [5.74, 6) is -1.18. The zero-order chi connectivity index (χ0) is 12.3. The van der Waals surface area contributed by atoms with Crippen molar-refractivity contribution in [2.24, 2.45) is 5.73 Å². The van der Waals surface area contributed by atoms with Crippen molar-refractivity contribution in [1.29, 1.82) is 0 Å². The number of methoxy groups -OCH3 is 1. The van der Waals surface area contributed by atoms with Crippen LogP contribution in [0, 0.1) is 5.82 Å². The molecule has 0 fully saturated rings. The van der Waals surface area contributed by atoms with Crippen LogP contribution < -0.4 is 5.73 Å². The van der Waals surface area contributed by atoms with Gasteiger partial charge in [-0.1, -0.05) is 23.2 Å². The summed E-state index contributed by atoms with van der Waals surface area (Å²) in [5, 5.41) is 0.288. The lowest BCUT2D eigenvalue weighted by Gasteiger charge is -2.11. The van der Waals surface area contributed by atoms with E-state index in [1.165, 1.54) is 19.2 Å². The summed E-state index contributed by atoms with van der Waals surface area (Å²) in [6.45, 7) is 0. The number of halogens is 3. The Morgan fingerprint density at radius 2 is 2.19 bits per heavy atom. The van der Waals surface area contributed by atoms with Gasteiger partial charge in [0.2, 0.25) is 0 Å². The van der Waals surface area contributed by atoms with E-state index in [0.29, 0.717) is 0 Å². The molecule has 1 rings (SSSR count). The van der Waals surface area contributed by atoms with Crippen molar-refractivity contribution in [3.63, 3.8) is 0 Å². The first-order valence-electron chi connectivity index (χ1n) is 4.43. The predicted molar refractivity (Wildman–Crippen MR) is 60.1 cm³/mol. The molecule has 0 aliphatic heterocycles. The van der Waals surface area contributed by atoms with E-state index in [4.69, 9.17) is 28.9 Å².